The molecule has 0 amide bonds. The normalized spacial score (nSPS) is 12.4. The molecule has 0 aliphatic rings. The molecule has 0 bridgehead atoms. The molecule has 1 unspecified atom stereocenters. The average molecular weight is 263 g/mol. The highest BCUT2D eigenvalue weighted by Crippen LogP contribution is 2.22. The molecule has 0 spiro atoms. The Bertz CT molecular complexity index is 552. The van der Waals surface area contributed by atoms with Gasteiger partial charge in [-0.2, -0.15) is 0 Å². The number of halogens is 2. The monoisotopic (exact) mass is 263 g/mol. The van der Waals surface area contributed by atoms with Gasteiger partial charge < -0.3 is 11.1 Å². The molecule has 2 rings (SSSR count). The molecule has 19 heavy (non-hydrogen) atoms. The third-order valence-corrected chi connectivity index (χ3v) is 3.00. The minimum atomic E-state index is -0.589. The molecule has 1 aromatic heterocycles. The molecule has 100 valence electrons. The van der Waals surface area contributed by atoms with Crippen LogP contribution in [0.3, 0.4) is 0 Å². The molecule has 1 heterocycles. The molecule has 3 nitrogen and oxygen atoms in total. The summed E-state index contributed by atoms with van der Waals surface area (Å²) in [5.74, 6) is -1.18. The van der Waals surface area contributed by atoms with Crippen molar-refractivity contribution in [2.75, 3.05) is 12.8 Å². The summed E-state index contributed by atoms with van der Waals surface area (Å²) in [5.41, 5.74) is 7.85. The first-order valence-electron chi connectivity index (χ1n) is 5.91. The van der Waals surface area contributed by atoms with Crippen molar-refractivity contribution < 1.29 is 8.78 Å². The van der Waals surface area contributed by atoms with E-state index in [1.807, 2.05) is 0 Å². The van der Waals surface area contributed by atoms with Gasteiger partial charge in [0, 0.05) is 30.2 Å². The largest absolute Gasteiger partial charge is 0.398 e. The Labute approximate surface area is 110 Å². The predicted molar refractivity (Wildman–Crippen MR) is 70.5 cm³/mol. The number of nitrogen functional groups attached to an aromatic ring is 1. The summed E-state index contributed by atoms with van der Waals surface area (Å²) >= 11 is 0. The smallest absolute Gasteiger partial charge is 0.126 e. The quantitative estimate of drug-likeness (QED) is 0.890. The molecule has 0 saturated heterocycles. The van der Waals surface area contributed by atoms with Gasteiger partial charge in [-0.1, -0.05) is 0 Å². The van der Waals surface area contributed by atoms with Gasteiger partial charge in [-0.05, 0) is 42.8 Å². The second-order valence-corrected chi connectivity index (χ2v) is 4.32. The maximum absolute atomic E-state index is 13.2. The molecule has 0 aliphatic heterocycles. The SMILES string of the molecule is CNC(Cc1cnccc1N)c1cc(F)cc(F)c1. The molecule has 0 aliphatic carbocycles. The van der Waals surface area contributed by atoms with Gasteiger partial charge in [-0.15, -0.1) is 0 Å². The van der Waals surface area contributed by atoms with Crippen LogP contribution in [0.25, 0.3) is 0 Å². The lowest BCUT2D eigenvalue weighted by Gasteiger charge is -2.17. The van der Waals surface area contributed by atoms with Crippen LogP contribution >= 0.6 is 0 Å². The van der Waals surface area contributed by atoms with Crippen molar-refractivity contribution in [3.63, 3.8) is 0 Å². The van der Waals surface area contributed by atoms with Crippen LogP contribution in [-0.2, 0) is 6.42 Å². The van der Waals surface area contributed by atoms with Crippen LogP contribution in [0.4, 0.5) is 14.5 Å². The topological polar surface area (TPSA) is 50.9 Å². The fourth-order valence-electron chi connectivity index (χ4n) is 1.99. The first kappa shape index (κ1) is 13.4. The van der Waals surface area contributed by atoms with Gasteiger partial charge in [0.05, 0.1) is 0 Å². The second kappa shape index (κ2) is 5.75. The zero-order valence-electron chi connectivity index (χ0n) is 10.5. The minimum absolute atomic E-state index is 0.225. The molecule has 0 radical (unpaired) electrons. The summed E-state index contributed by atoms with van der Waals surface area (Å²) in [6.07, 6.45) is 3.78. The lowest BCUT2D eigenvalue weighted by molar-refractivity contribution is 0.551. The van der Waals surface area contributed by atoms with E-state index in [4.69, 9.17) is 5.73 Å². The number of hydrogen-bond donors (Lipinski definition) is 2. The van der Waals surface area contributed by atoms with E-state index in [0.29, 0.717) is 17.7 Å². The average Bonchev–Trinajstić information content (AvgIpc) is 2.36. The van der Waals surface area contributed by atoms with Gasteiger partial charge in [0.25, 0.3) is 0 Å². The number of nitrogens with two attached hydrogens (primary N) is 1. The number of likely N-dealkylation sites (N-methyl/N-ethyl adjacent to an activating group) is 1. The first-order chi connectivity index (χ1) is 9.10. The summed E-state index contributed by atoms with van der Waals surface area (Å²) in [6, 6.07) is 4.97. The van der Waals surface area contributed by atoms with Gasteiger partial charge in [0.15, 0.2) is 0 Å². The Morgan fingerprint density at radius 2 is 1.95 bits per heavy atom. The van der Waals surface area contributed by atoms with E-state index >= 15 is 0 Å². The summed E-state index contributed by atoms with van der Waals surface area (Å²) in [7, 11) is 1.74. The summed E-state index contributed by atoms with van der Waals surface area (Å²) in [5, 5.41) is 3.03. The van der Waals surface area contributed by atoms with Gasteiger partial charge in [-0.25, -0.2) is 8.78 Å². The highest BCUT2D eigenvalue weighted by molar-refractivity contribution is 5.45. The molecule has 5 heteroatoms. The van der Waals surface area contributed by atoms with E-state index in [1.54, 1.807) is 25.5 Å². The molecule has 0 fully saturated rings. The van der Waals surface area contributed by atoms with Crippen molar-refractivity contribution in [1.82, 2.24) is 10.3 Å². The third kappa shape index (κ3) is 3.26. The number of pyridine rings is 1. The van der Waals surface area contributed by atoms with Crippen LogP contribution in [-0.4, -0.2) is 12.0 Å². The number of nitrogens with one attached hydrogen (secondary N) is 1. The van der Waals surface area contributed by atoms with E-state index in [9.17, 15) is 8.78 Å². The van der Waals surface area contributed by atoms with Crippen molar-refractivity contribution in [3.05, 3.63) is 59.4 Å². The van der Waals surface area contributed by atoms with Gasteiger partial charge in [-0.3, -0.25) is 4.98 Å². The molecule has 1 aromatic carbocycles. The van der Waals surface area contributed by atoms with Crippen LogP contribution in [0.15, 0.2) is 36.7 Å². The van der Waals surface area contributed by atoms with Crippen molar-refractivity contribution in [2.24, 2.45) is 0 Å². The van der Waals surface area contributed by atoms with Crippen LogP contribution in [0.2, 0.25) is 0 Å². The number of aromatic nitrogens is 1. The Hall–Kier alpha value is -2.01. The van der Waals surface area contributed by atoms with E-state index in [2.05, 4.69) is 10.3 Å². The predicted octanol–water partition coefficient (Wildman–Crippen LogP) is 2.45. The summed E-state index contributed by atoms with van der Waals surface area (Å²) in [4.78, 5) is 4.01. The highest BCUT2D eigenvalue weighted by atomic mass is 19.1. The molecular weight excluding hydrogens is 248 g/mol. The van der Waals surface area contributed by atoms with E-state index in [0.717, 1.165) is 11.6 Å². The lowest BCUT2D eigenvalue weighted by Crippen LogP contribution is -2.20. The fourth-order valence-corrected chi connectivity index (χ4v) is 1.99. The minimum Gasteiger partial charge on any atom is -0.398 e. The lowest BCUT2D eigenvalue weighted by atomic mass is 9.99. The van der Waals surface area contributed by atoms with Crippen molar-refractivity contribution in [2.45, 2.75) is 12.5 Å². The Morgan fingerprint density at radius 3 is 2.53 bits per heavy atom. The zero-order valence-corrected chi connectivity index (χ0v) is 10.5. The summed E-state index contributed by atoms with van der Waals surface area (Å²) in [6.45, 7) is 0. The van der Waals surface area contributed by atoms with Gasteiger partial charge >= 0.3 is 0 Å². The Morgan fingerprint density at radius 1 is 1.26 bits per heavy atom. The first-order valence-corrected chi connectivity index (χ1v) is 5.91. The maximum atomic E-state index is 13.2. The van der Waals surface area contributed by atoms with E-state index < -0.39 is 11.6 Å². The summed E-state index contributed by atoms with van der Waals surface area (Å²) < 4.78 is 26.5. The molecule has 3 N–H and O–H groups in total. The van der Waals surface area contributed by atoms with Crippen molar-refractivity contribution >= 4 is 5.69 Å². The second-order valence-electron chi connectivity index (χ2n) is 4.32. The number of nitrogens with zero attached hydrogens (tertiary/aromatic N) is 1. The van der Waals surface area contributed by atoms with E-state index in [1.165, 1.54) is 12.1 Å². The molecule has 0 saturated carbocycles. The van der Waals surface area contributed by atoms with Gasteiger partial charge in [0.1, 0.15) is 11.6 Å². The van der Waals surface area contributed by atoms with Crippen LogP contribution in [0.5, 0.6) is 0 Å². The van der Waals surface area contributed by atoms with Crippen LogP contribution in [0.1, 0.15) is 17.2 Å². The molecular formula is C14H15F2N3. The van der Waals surface area contributed by atoms with Crippen LogP contribution in [0, 0.1) is 11.6 Å². The third-order valence-electron chi connectivity index (χ3n) is 3.00. The highest BCUT2D eigenvalue weighted by Gasteiger charge is 2.14. The van der Waals surface area contributed by atoms with E-state index in [-0.39, 0.29) is 6.04 Å². The maximum Gasteiger partial charge on any atom is 0.126 e. The molecule has 2 aromatic rings. The Kier molecular flexibility index (Phi) is 4.06. The number of hydrogen-bond acceptors (Lipinski definition) is 3. The van der Waals surface area contributed by atoms with Crippen molar-refractivity contribution in [1.29, 1.82) is 0 Å². The Balaban J connectivity index is 2.28. The standard InChI is InChI=1S/C14H15F2N3/c1-18-14(6-10-8-19-3-2-13(10)17)9-4-11(15)7-12(16)5-9/h2-5,7-8,14,18H,6H2,1H3,(H2,17,19). The number of rotatable bonds is 4. The van der Waals surface area contributed by atoms with Crippen molar-refractivity contribution in [3.8, 4) is 0 Å². The molecule has 1 atom stereocenters. The zero-order chi connectivity index (χ0) is 13.8. The number of benzene rings is 1. The van der Waals surface area contributed by atoms with Gasteiger partial charge in [0.2, 0.25) is 0 Å². The fraction of sp³-hybridized carbons (Fsp3) is 0.214. The van der Waals surface area contributed by atoms with Crippen LogP contribution < -0.4 is 11.1 Å². The number of anilines is 1.